The maximum Gasteiger partial charge on any atom is 0.229 e. The number of likely N-dealkylation sites (tertiary alicyclic amines) is 1. The van der Waals surface area contributed by atoms with Crippen molar-refractivity contribution in [1.29, 1.82) is 0 Å². The smallest absolute Gasteiger partial charge is 0.229 e. The van der Waals surface area contributed by atoms with Crippen molar-refractivity contribution in [2.45, 2.75) is 32.2 Å². The number of rotatable bonds is 5. The van der Waals surface area contributed by atoms with Gasteiger partial charge in [0, 0.05) is 24.3 Å². The Morgan fingerprint density at radius 3 is 2.65 bits per heavy atom. The van der Waals surface area contributed by atoms with Crippen molar-refractivity contribution >= 4 is 17.5 Å². The molecular weight excluding hydrogens is 438 g/mol. The van der Waals surface area contributed by atoms with E-state index in [0.29, 0.717) is 36.1 Å². The number of nitrogens with zero attached hydrogens (tertiary/aromatic N) is 5. The van der Waals surface area contributed by atoms with E-state index < -0.39 is 11.6 Å². The van der Waals surface area contributed by atoms with E-state index >= 15 is 0 Å². The second-order valence-electron chi connectivity index (χ2n) is 9.18. The van der Waals surface area contributed by atoms with Crippen LogP contribution in [-0.4, -0.2) is 59.2 Å². The van der Waals surface area contributed by atoms with Gasteiger partial charge in [0.05, 0.1) is 18.4 Å². The third-order valence-corrected chi connectivity index (χ3v) is 6.44. The number of halogens is 2. The van der Waals surface area contributed by atoms with Crippen LogP contribution in [0.1, 0.15) is 31.7 Å². The van der Waals surface area contributed by atoms with Gasteiger partial charge in [0.2, 0.25) is 5.95 Å². The first-order chi connectivity index (χ1) is 16.4. The van der Waals surface area contributed by atoms with Crippen molar-refractivity contribution in [2.24, 2.45) is 0 Å². The van der Waals surface area contributed by atoms with Gasteiger partial charge in [0.1, 0.15) is 18.1 Å². The zero-order chi connectivity index (χ0) is 23.8. The molecule has 1 saturated heterocycles. The summed E-state index contributed by atoms with van der Waals surface area (Å²) in [6.07, 6.45) is 4.06. The molecule has 1 aromatic carbocycles. The summed E-state index contributed by atoms with van der Waals surface area (Å²) in [5.74, 6) is 0.241. The molecule has 0 aliphatic carbocycles. The van der Waals surface area contributed by atoms with Crippen molar-refractivity contribution in [3.63, 3.8) is 0 Å². The van der Waals surface area contributed by atoms with E-state index in [9.17, 15) is 8.78 Å². The quantitative estimate of drug-likeness (QED) is 0.590. The molecule has 2 aromatic heterocycles. The van der Waals surface area contributed by atoms with E-state index in [1.165, 1.54) is 11.6 Å². The number of fused-ring (bicyclic) bond motifs is 1. The van der Waals surface area contributed by atoms with Gasteiger partial charge in [0.15, 0.2) is 17.4 Å². The molecule has 1 atom stereocenters. The lowest BCUT2D eigenvalue weighted by Gasteiger charge is -2.34. The molecule has 0 spiro atoms. The third-order valence-electron chi connectivity index (χ3n) is 6.44. The molecule has 0 radical (unpaired) electrons. The van der Waals surface area contributed by atoms with Crippen LogP contribution in [0, 0.1) is 11.6 Å². The first-order valence-corrected chi connectivity index (χ1v) is 11.6. The fourth-order valence-corrected chi connectivity index (χ4v) is 4.65. The Kier molecular flexibility index (Phi) is 6.03. The summed E-state index contributed by atoms with van der Waals surface area (Å²) in [6.45, 7) is 7.19. The molecule has 1 fully saturated rings. The van der Waals surface area contributed by atoms with Crippen molar-refractivity contribution < 1.29 is 13.5 Å². The number of nitrogens with one attached hydrogen (secondary N) is 1. The lowest BCUT2D eigenvalue weighted by atomic mass is 10.0. The Morgan fingerprint density at radius 2 is 1.94 bits per heavy atom. The molecule has 4 heterocycles. The van der Waals surface area contributed by atoms with E-state index in [1.54, 1.807) is 6.07 Å². The third kappa shape index (κ3) is 4.40. The van der Waals surface area contributed by atoms with Gasteiger partial charge >= 0.3 is 0 Å². The van der Waals surface area contributed by atoms with Crippen LogP contribution in [0.5, 0.6) is 5.75 Å². The Morgan fingerprint density at radius 1 is 1.09 bits per heavy atom. The van der Waals surface area contributed by atoms with Crippen molar-refractivity contribution in [3.05, 3.63) is 53.9 Å². The average Bonchev–Trinajstić information content (AvgIpc) is 3.26. The first kappa shape index (κ1) is 22.5. The van der Waals surface area contributed by atoms with Gasteiger partial charge in [-0.05, 0) is 63.5 Å². The summed E-state index contributed by atoms with van der Waals surface area (Å²) >= 11 is 0. The van der Waals surface area contributed by atoms with E-state index in [-0.39, 0.29) is 23.4 Å². The fourth-order valence-electron chi connectivity index (χ4n) is 4.65. The molecule has 178 valence electrons. The standard InChI is InChI=1S/C25H28F2N6O/c1-15(2)33-8-9-34-24-19(26)10-18(11-21(24)33)23-20(27)13-29-25(31-23)30-22-5-4-16(12-28-22)17-6-7-32(3)14-17/h4-5,10-13,15,17H,6-9,14H2,1-3H3,(H,28,29,30,31)/t17-/m1/s1. The average molecular weight is 467 g/mol. The molecule has 0 unspecified atom stereocenters. The van der Waals surface area contributed by atoms with Gasteiger partial charge in [-0.25, -0.2) is 23.7 Å². The lowest BCUT2D eigenvalue weighted by Crippen LogP contribution is -2.38. The molecule has 2 aliphatic rings. The normalized spacial score (nSPS) is 18.2. The SMILES string of the molecule is CC(C)N1CCOc2c(F)cc(-c3nc(Nc4ccc([C@@H]5CCN(C)C5)cn4)ncc3F)cc21. The number of pyridine rings is 1. The number of ether oxygens (including phenoxy) is 1. The van der Waals surface area contributed by atoms with Crippen molar-refractivity contribution in [2.75, 3.05) is 43.5 Å². The summed E-state index contributed by atoms with van der Waals surface area (Å²) < 4.78 is 35.2. The number of aromatic nitrogens is 3. The molecule has 0 amide bonds. The molecule has 9 heteroatoms. The molecule has 1 N–H and O–H groups in total. The Hall–Kier alpha value is -3.33. The molecule has 0 bridgehead atoms. The van der Waals surface area contributed by atoms with E-state index in [1.807, 2.05) is 37.1 Å². The molecule has 3 aromatic rings. The van der Waals surface area contributed by atoms with Crippen LogP contribution < -0.4 is 15.0 Å². The van der Waals surface area contributed by atoms with Crippen LogP contribution in [0.3, 0.4) is 0 Å². The highest BCUT2D eigenvalue weighted by Crippen LogP contribution is 2.39. The van der Waals surface area contributed by atoms with E-state index in [4.69, 9.17) is 4.74 Å². The van der Waals surface area contributed by atoms with E-state index in [0.717, 1.165) is 25.7 Å². The number of hydrogen-bond donors (Lipinski definition) is 1. The zero-order valence-electron chi connectivity index (χ0n) is 19.6. The van der Waals surface area contributed by atoms with Crippen LogP contribution in [0.15, 0.2) is 36.7 Å². The second kappa shape index (κ2) is 9.13. The minimum atomic E-state index is -0.633. The Labute approximate surface area is 197 Å². The second-order valence-corrected chi connectivity index (χ2v) is 9.18. The van der Waals surface area contributed by atoms with Gasteiger partial charge in [-0.15, -0.1) is 0 Å². The predicted molar refractivity (Wildman–Crippen MR) is 128 cm³/mol. The minimum Gasteiger partial charge on any atom is -0.486 e. The molecule has 2 aliphatic heterocycles. The summed E-state index contributed by atoms with van der Waals surface area (Å²) in [6, 6.07) is 7.03. The lowest BCUT2D eigenvalue weighted by molar-refractivity contribution is 0.287. The maximum atomic E-state index is 14.9. The van der Waals surface area contributed by atoms with Gasteiger partial charge in [-0.3, -0.25) is 0 Å². The molecule has 34 heavy (non-hydrogen) atoms. The highest BCUT2D eigenvalue weighted by molar-refractivity contribution is 5.73. The van der Waals surface area contributed by atoms with Crippen LogP contribution in [0.25, 0.3) is 11.3 Å². The van der Waals surface area contributed by atoms with Crippen LogP contribution in [0.4, 0.5) is 26.2 Å². The highest BCUT2D eigenvalue weighted by Gasteiger charge is 2.26. The van der Waals surface area contributed by atoms with Gasteiger partial charge in [0.25, 0.3) is 0 Å². The summed E-state index contributed by atoms with van der Waals surface area (Å²) in [4.78, 5) is 17.2. The zero-order valence-corrected chi connectivity index (χ0v) is 19.6. The number of anilines is 3. The van der Waals surface area contributed by atoms with Crippen molar-refractivity contribution in [1.82, 2.24) is 19.9 Å². The number of benzene rings is 1. The highest BCUT2D eigenvalue weighted by atomic mass is 19.1. The van der Waals surface area contributed by atoms with Crippen LogP contribution >= 0.6 is 0 Å². The minimum absolute atomic E-state index is 0.0130. The number of likely N-dealkylation sites (N-methyl/N-ethyl adjacent to an activating group) is 1. The summed E-state index contributed by atoms with van der Waals surface area (Å²) in [7, 11) is 2.12. The fraction of sp³-hybridized carbons (Fsp3) is 0.400. The van der Waals surface area contributed by atoms with E-state index in [2.05, 4.69) is 32.2 Å². The predicted octanol–water partition coefficient (Wildman–Crippen LogP) is 4.59. The number of hydrogen-bond acceptors (Lipinski definition) is 7. The summed E-state index contributed by atoms with van der Waals surface area (Å²) in [5, 5.41) is 3.03. The van der Waals surface area contributed by atoms with Crippen molar-refractivity contribution in [3.8, 4) is 17.0 Å². The topological polar surface area (TPSA) is 66.4 Å². The first-order valence-electron chi connectivity index (χ1n) is 11.6. The largest absolute Gasteiger partial charge is 0.486 e. The van der Waals surface area contributed by atoms with Crippen LogP contribution in [0.2, 0.25) is 0 Å². The van der Waals surface area contributed by atoms with Gasteiger partial charge in [-0.1, -0.05) is 6.07 Å². The summed E-state index contributed by atoms with van der Waals surface area (Å²) in [5.41, 5.74) is 2.12. The monoisotopic (exact) mass is 466 g/mol. The molecule has 5 rings (SSSR count). The molecule has 7 nitrogen and oxygen atoms in total. The van der Waals surface area contributed by atoms with Crippen LogP contribution in [-0.2, 0) is 0 Å². The maximum absolute atomic E-state index is 14.9. The van der Waals surface area contributed by atoms with Gasteiger partial charge in [-0.2, -0.15) is 0 Å². The Bertz CT molecular complexity index is 1190. The molecular formula is C25H28F2N6O. The molecule has 0 saturated carbocycles. The van der Waals surface area contributed by atoms with Gasteiger partial charge < -0.3 is 19.9 Å². The Balaban J connectivity index is 1.41.